The molecule has 0 atom stereocenters. The van der Waals surface area contributed by atoms with Gasteiger partial charge in [0.25, 0.3) is 15.9 Å². The van der Waals surface area contributed by atoms with Gasteiger partial charge in [-0.1, -0.05) is 12.5 Å². The number of likely N-dealkylation sites (tertiary alicyclic amines) is 1. The number of nitrogens with one attached hydrogen (secondary N) is 1. The Morgan fingerprint density at radius 1 is 1.19 bits per heavy atom. The molecule has 2 aromatic heterocycles. The van der Waals surface area contributed by atoms with Crippen LogP contribution in [0.25, 0.3) is 10.2 Å². The molecule has 1 saturated heterocycles. The molecule has 1 aromatic carbocycles. The van der Waals surface area contributed by atoms with Crippen molar-refractivity contribution in [3.05, 3.63) is 40.9 Å². The van der Waals surface area contributed by atoms with Gasteiger partial charge in [0, 0.05) is 38.1 Å². The fraction of sp³-hybridized carbons (Fsp3) is 0.381. The van der Waals surface area contributed by atoms with Crippen molar-refractivity contribution in [3.63, 3.8) is 0 Å². The Kier molecular flexibility index (Phi) is 5.85. The number of fused-ring (bicyclic) bond motifs is 1. The standard InChI is InChI=1S/C21H25N5O3S2/c1-14-17-13-18(30-21(17)26(3)23-14)20(27)22-15-8-7-9-16(12-15)31(28,29)24-19-10-5-4-6-11-25(19)2/h7-9,12-13H,4-6,10-11H2,1-3H3,(H,22,27)/b24-19-. The van der Waals surface area contributed by atoms with Crippen LogP contribution in [0.15, 0.2) is 39.6 Å². The summed E-state index contributed by atoms with van der Waals surface area (Å²) in [6.45, 7) is 2.70. The lowest BCUT2D eigenvalue weighted by atomic mass is 10.2. The first-order chi connectivity index (χ1) is 14.7. The van der Waals surface area contributed by atoms with E-state index in [2.05, 4.69) is 14.8 Å². The average Bonchev–Trinajstić information content (AvgIpc) is 3.21. The van der Waals surface area contributed by atoms with Gasteiger partial charge >= 0.3 is 0 Å². The molecule has 0 bridgehead atoms. The molecule has 1 aliphatic rings. The number of aryl methyl sites for hydroxylation is 2. The van der Waals surface area contributed by atoms with Gasteiger partial charge in [0.15, 0.2) is 0 Å². The summed E-state index contributed by atoms with van der Waals surface area (Å²) in [6.07, 6.45) is 3.67. The van der Waals surface area contributed by atoms with Crippen LogP contribution in [0.1, 0.15) is 41.0 Å². The summed E-state index contributed by atoms with van der Waals surface area (Å²) in [5.41, 5.74) is 1.27. The second-order valence-electron chi connectivity index (χ2n) is 7.74. The first-order valence-corrected chi connectivity index (χ1v) is 12.4. The van der Waals surface area contributed by atoms with Gasteiger partial charge in [0.05, 0.1) is 15.5 Å². The molecule has 0 saturated carbocycles. The fourth-order valence-electron chi connectivity index (χ4n) is 3.68. The number of sulfonamides is 1. The highest BCUT2D eigenvalue weighted by Gasteiger charge is 2.20. The van der Waals surface area contributed by atoms with E-state index in [1.54, 1.807) is 16.8 Å². The van der Waals surface area contributed by atoms with Gasteiger partial charge in [-0.05, 0) is 44.0 Å². The summed E-state index contributed by atoms with van der Waals surface area (Å²) >= 11 is 1.35. The third-order valence-electron chi connectivity index (χ3n) is 5.37. The minimum atomic E-state index is -3.87. The topological polar surface area (TPSA) is 96.7 Å². The number of anilines is 1. The van der Waals surface area contributed by atoms with Gasteiger partial charge in [0.2, 0.25) is 0 Å². The number of amides is 1. The number of amidine groups is 1. The maximum atomic E-state index is 12.9. The van der Waals surface area contributed by atoms with Crippen LogP contribution in [0.4, 0.5) is 5.69 Å². The molecule has 4 rings (SSSR count). The number of hydrogen-bond acceptors (Lipinski definition) is 5. The molecule has 1 aliphatic heterocycles. The van der Waals surface area contributed by atoms with Crippen LogP contribution in [0.5, 0.6) is 0 Å². The summed E-state index contributed by atoms with van der Waals surface area (Å²) in [4.78, 5) is 16.2. The van der Waals surface area contributed by atoms with E-state index in [1.165, 1.54) is 23.5 Å². The number of rotatable bonds is 4. The zero-order valence-electron chi connectivity index (χ0n) is 17.8. The van der Waals surface area contributed by atoms with Crippen molar-refractivity contribution in [2.24, 2.45) is 11.4 Å². The largest absolute Gasteiger partial charge is 0.362 e. The van der Waals surface area contributed by atoms with Crippen LogP contribution in [-0.2, 0) is 17.1 Å². The summed E-state index contributed by atoms with van der Waals surface area (Å²) in [5.74, 6) is 0.297. The smallest absolute Gasteiger partial charge is 0.284 e. The van der Waals surface area contributed by atoms with Crippen molar-refractivity contribution in [2.75, 3.05) is 18.9 Å². The Morgan fingerprint density at radius 3 is 2.77 bits per heavy atom. The molecule has 10 heteroatoms. The Bertz CT molecular complexity index is 1240. The van der Waals surface area contributed by atoms with Crippen molar-refractivity contribution in [3.8, 4) is 0 Å². The maximum Gasteiger partial charge on any atom is 0.284 e. The van der Waals surface area contributed by atoms with Gasteiger partial charge in [-0.15, -0.1) is 15.7 Å². The second kappa shape index (κ2) is 8.43. The number of carbonyl (C=O) groups excluding carboxylic acids is 1. The molecule has 0 aliphatic carbocycles. The molecule has 0 unspecified atom stereocenters. The molecule has 3 heterocycles. The molecule has 31 heavy (non-hydrogen) atoms. The van der Waals surface area contributed by atoms with Crippen LogP contribution in [-0.4, -0.2) is 48.4 Å². The van der Waals surface area contributed by atoms with Gasteiger partial charge in [-0.2, -0.15) is 13.5 Å². The number of thiophene rings is 1. The number of hydrogen-bond donors (Lipinski definition) is 1. The van der Waals surface area contributed by atoms with Crippen LogP contribution in [0, 0.1) is 6.92 Å². The predicted molar refractivity (Wildman–Crippen MR) is 123 cm³/mol. The third-order valence-corrected chi connectivity index (χ3v) is 7.87. The number of nitrogens with zero attached hydrogens (tertiary/aromatic N) is 4. The normalized spacial score (nSPS) is 16.6. The van der Waals surface area contributed by atoms with Crippen molar-refractivity contribution < 1.29 is 13.2 Å². The SMILES string of the molecule is Cc1nn(C)c2sc(C(=O)Nc3cccc(S(=O)(=O)/N=C4/CCCCCN4C)c3)cc12. The molecular formula is C21H25N5O3S2. The first-order valence-electron chi connectivity index (χ1n) is 10.1. The van der Waals surface area contributed by atoms with E-state index in [4.69, 9.17) is 0 Å². The molecule has 164 valence electrons. The molecule has 1 N–H and O–H groups in total. The molecular weight excluding hydrogens is 434 g/mol. The second-order valence-corrected chi connectivity index (χ2v) is 10.4. The molecule has 0 spiro atoms. The summed E-state index contributed by atoms with van der Waals surface area (Å²) < 4.78 is 31.6. The van der Waals surface area contributed by atoms with E-state index in [9.17, 15) is 13.2 Å². The van der Waals surface area contributed by atoms with E-state index in [1.807, 2.05) is 32.0 Å². The zero-order valence-corrected chi connectivity index (χ0v) is 19.4. The van der Waals surface area contributed by atoms with Crippen LogP contribution in [0.2, 0.25) is 0 Å². The molecule has 1 fully saturated rings. The van der Waals surface area contributed by atoms with Crippen molar-refractivity contribution in [1.82, 2.24) is 14.7 Å². The number of benzene rings is 1. The van der Waals surface area contributed by atoms with E-state index in [0.717, 1.165) is 41.7 Å². The Labute approximate surface area is 185 Å². The Hall–Kier alpha value is -2.72. The first kappa shape index (κ1) is 21.5. The minimum Gasteiger partial charge on any atom is -0.362 e. The number of aromatic nitrogens is 2. The van der Waals surface area contributed by atoms with E-state index < -0.39 is 10.0 Å². The fourth-order valence-corrected chi connectivity index (χ4v) is 5.84. The highest BCUT2D eigenvalue weighted by atomic mass is 32.2. The number of carbonyl (C=O) groups is 1. The van der Waals surface area contributed by atoms with Gasteiger partial charge in [-0.25, -0.2) is 0 Å². The van der Waals surface area contributed by atoms with Gasteiger partial charge in [-0.3, -0.25) is 9.48 Å². The van der Waals surface area contributed by atoms with Crippen molar-refractivity contribution >= 4 is 49.0 Å². The third kappa shape index (κ3) is 4.49. The molecule has 0 radical (unpaired) electrons. The Balaban J connectivity index is 1.57. The zero-order chi connectivity index (χ0) is 22.2. The lowest BCUT2D eigenvalue weighted by Gasteiger charge is -2.17. The van der Waals surface area contributed by atoms with E-state index in [-0.39, 0.29) is 10.8 Å². The predicted octanol–water partition coefficient (Wildman–Crippen LogP) is 3.79. The van der Waals surface area contributed by atoms with Gasteiger partial charge < -0.3 is 10.2 Å². The molecule has 3 aromatic rings. The van der Waals surface area contributed by atoms with Gasteiger partial charge in [0.1, 0.15) is 10.7 Å². The minimum absolute atomic E-state index is 0.0619. The highest BCUT2D eigenvalue weighted by molar-refractivity contribution is 7.90. The van der Waals surface area contributed by atoms with Crippen molar-refractivity contribution in [1.29, 1.82) is 0 Å². The lowest BCUT2D eigenvalue weighted by molar-refractivity contribution is 0.103. The highest BCUT2D eigenvalue weighted by Crippen LogP contribution is 2.28. The molecule has 1 amide bonds. The van der Waals surface area contributed by atoms with Crippen LogP contribution >= 0.6 is 11.3 Å². The summed E-state index contributed by atoms with van der Waals surface area (Å²) in [5, 5.41) is 8.09. The molecule has 8 nitrogen and oxygen atoms in total. The maximum absolute atomic E-state index is 12.9. The van der Waals surface area contributed by atoms with E-state index >= 15 is 0 Å². The van der Waals surface area contributed by atoms with Crippen molar-refractivity contribution in [2.45, 2.75) is 37.5 Å². The van der Waals surface area contributed by atoms with Crippen LogP contribution in [0.3, 0.4) is 0 Å². The van der Waals surface area contributed by atoms with E-state index in [0.29, 0.717) is 22.8 Å². The lowest BCUT2D eigenvalue weighted by Crippen LogP contribution is -2.26. The summed E-state index contributed by atoms with van der Waals surface area (Å²) in [6, 6.07) is 8.04. The average molecular weight is 460 g/mol. The Morgan fingerprint density at radius 2 is 2.00 bits per heavy atom. The van der Waals surface area contributed by atoms with Crippen LogP contribution < -0.4 is 5.32 Å². The quantitative estimate of drug-likeness (QED) is 0.640. The monoisotopic (exact) mass is 459 g/mol. The summed E-state index contributed by atoms with van der Waals surface area (Å²) in [7, 11) is -0.153.